The fraction of sp³-hybridized carbons (Fsp3) is 0.615. The van der Waals surface area contributed by atoms with E-state index in [-0.39, 0.29) is 18.4 Å². The minimum absolute atomic E-state index is 0.0416. The average Bonchev–Trinajstić information content (AvgIpc) is 2.63. The zero-order valence-corrected chi connectivity index (χ0v) is 11.8. The number of aliphatic carboxylic acids is 1. The van der Waals surface area contributed by atoms with E-state index >= 15 is 0 Å². The maximum Gasteiger partial charge on any atom is 0.326 e. The summed E-state index contributed by atoms with van der Waals surface area (Å²) in [5.74, 6) is -1.45. The summed E-state index contributed by atoms with van der Waals surface area (Å²) < 4.78 is 1.57. The van der Waals surface area contributed by atoms with E-state index in [1.165, 1.54) is 0 Å². The Bertz CT molecular complexity index is 468. The molecule has 1 amide bonds. The molecule has 2 atom stereocenters. The van der Waals surface area contributed by atoms with Gasteiger partial charge in [-0.3, -0.25) is 9.48 Å². The third-order valence-electron chi connectivity index (χ3n) is 3.19. The summed E-state index contributed by atoms with van der Waals surface area (Å²) in [6.45, 7) is 7.45. The second kappa shape index (κ2) is 6.36. The van der Waals surface area contributed by atoms with Crippen LogP contribution in [0.3, 0.4) is 0 Å². The molecule has 0 bridgehead atoms. The van der Waals surface area contributed by atoms with E-state index in [1.54, 1.807) is 4.68 Å². The van der Waals surface area contributed by atoms with Crippen molar-refractivity contribution in [2.45, 2.75) is 46.7 Å². The summed E-state index contributed by atoms with van der Waals surface area (Å²) in [5, 5.41) is 15.8. The molecular weight excluding hydrogens is 246 g/mol. The van der Waals surface area contributed by atoms with E-state index in [9.17, 15) is 9.59 Å². The molecule has 1 aromatic heterocycles. The Labute approximate surface area is 112 Å². The van der Waals surface area contributed by atoms with E-state index in [1.807, 2.05) is 33.8 Å². The number of aryl methyl sites for hydroxylation is 2. The maximum atomic E-state index is 11.9. The maximum absolute atomic E-state index is 11.9. The van der Waals surface area contributed by atoms with Gasteiger partial charge in [0, 0.05) is 5.69 Å². The lowest BCUT2D eigenvalue weighted by atomic mass is 9.99. The number of hydrogen-bond donors (Lipinski definition) is 2. The smallest absolute Gasteiger partial charge is 0.326 e. The third kappa shape index (κ3) is 4.08. The second-order valence-corrected chi connectivity index (χ2v) is 4.85. The molecule has 1 heterocycles. The van der Waals surface area contributed by atoms with Crippen LogP contribution in [0.4, 0.5) is 0 Å². The molecular formula is C13H21N3O3. The molecule has 0 saturated heterocycles. The number of carboxylic acid groups (broad SMARTS) is 1. The molecule has 1 rings (SSSR count). The van der Waals surface area contributed by atoms with Gasteiger partial charge in [-0.05, 0) is 25.8 Å². The van der Waals surface area contributed by atoms with Gasteiger partial charge in [0.15, 0.2) is 0 Å². The van der Waals surface area contributed by atoms with Crippen LogP contribution in [-0.2, 0) is 16.1 Å². The van der Waals surface area contributed by atoms with Crippen molar-refractivity contribution < 1.29 is 14.7 Å². The fourth-order valence-corrected chi connectivity index (χ4v) is 1.87. The Morgan fingerprint density at radius 2 is 2.11 bits per heavy atom. The Morgan fingerprint density at radius 3 is 2.53 bits per heavy atom. The summed E-state index contributed by atoms with van der Waals surface area (Å²) in [7, 11) is 0. The van der Waals surface area contributed by atoms with Gasteiger partial charge in [0.05, 0.1) is 5.69 Å². The third-order valence-corrected chi connectivity index (χ3v) is 3.19. The van der Waals surface area contributed by atoms with Crippen molar-refractivity contribution in [2.24, 2.45) is 5.92 Å². The van der Waals surface area contributed by atoms with Gasteiger partial charge in [-0.15, -0.1) is 0 Å². The van der Waals surface area contributed by atoms with Gasteiger partial charge in [0.2, 0.25) is 5.91 Å². The average molecular weight is 267 g/mol. The van der Waals surface area contributed by atoms with Gasteiger partial charge in [-0.25, -0.2) is 4.79 Å². The number of carbonyl (C=O) groups excluding carboxylic acids is 1. The van der Waals surface area contributed by atoms with Crippen LogP contribution in [0.1, 0.15) is 31.7 Å². The molecule has 6 heteroatoms. The molecule has 6 nitrogen and oxygen atoms in total. The molecule has 0 aromatic carbocycles. The number of hydrogen-bond acceptors (Lipinski definition) is 3. The van der Waals surface area contributed by atoms with Crippen LogP contribution in [0, 0.1) is 19.8 Å². The number of nitrogens with one attached hydrogen (secondary N) is 1. The molecule has 1 aromatic rings. The minimum Gasteiger partial charge on any atom is -0.480 e. The van der Waals surface area contributed by atoms with Gasteiger partial charge in [0.1, 0.15) is 12.6 Å². The van der Waals surface area contributed by atoms with Crippen molar-refractivity contribution in [3.63, 3.8) is 0 Å². The number of aromatic nitrogens is 2. The van der Waals surface area contributed by atoms with Crippen molar-refractivity contribution in [2.75, 3.05) is 0 Å². The lowest BCUT2D eigenvalue weighted by molar-refractivity contribution is -0.143. The Kier molecular flexibility index (Phi) is 5.09. The van der Waals surface area contributed by atoms with Crippen LogP contribution in [0.2, 0.25) is 0 Å². The van der Waals surface area contributed by atoms with Gasteiger partial charge in [-0.2, -0.15) is 5.10 Å². The number of amides is 1. The monoisotopic (exact) mass is 267 g/mol. The summed E-state index contributed by atoms with van der Waals surface area (Å²) in [6.07, 6.45) is 0.692. The summed E-state index contributed by atoms with van der Waals surface area (Å²) in [5.41, 5.74) is 1.71. The molecule has 2 N–H and O–H groups in total. The molecule has 0 aliphatic rings. The molecule has 106 valence electrons. The molecule has 0 aliphatic carbocycles. The topological polar surface area (TPSA) is 84.2 Å². The number of rotatable bonds is 6. The molecule has 0 spiro atoms. The highest BCUT2D eigenvalue weighted by Crippen LogP contribution is 2.08. The Morgan fingerprint density at radius 1 is 1.47 bits per heavy atom. The predicted octanol–water partition coefficient (Wildman–Crippen LogP) is 1.12. The molecule has 0 fully saturated rings. The molecule has 2 unspecified atom stereocenters. The molecule has 0 radical (unpaired) electrons. The zero-order valence-electron chi connectivity index (χ0n) is 11.8. The lowest BCUT2D eigenvalue weighted by Crippen LogP contribution is -2.46. The quantitative estimate of drug-likeness (QED) is 0.808. The highest BCUT2D eigenvalue weighted by Gasteiger charge is 2.25. The van der Waals surface area contributed by atoms with Gasteiger partial charge < -0.3 is 10.4 Å². The lowest BCUT2D eigenvalue weighted by Gasteiger charge is -2.20. The normalized spacial score (nSPS) is 13.9. The summed E-state index contributed by atoms with van der Waals surface area (Å²) >= 11 is 0. The standard InChI is InChI=1S/C13H21N3O3/c1-5-8(2)12(13(18)19)14-11(17)7-16-10(4)6-9(3)15-16/h6,8,12H,5,7H2,1-4H3,(H,14,17)(H,18,19). The zero-order chi connectivity index (χ0) is 14.6. The first kappa shape index (κ1) is 15.2. The van der Waals surface area contributed by atoms with Gasteiger partial charge in [-0.1, -0.05) is 20.3 Å². The van der Waals surface area contributed by atoms with Crippen LogP contribution in [0.25, 0.3) is 0 Å². The van der Waals surface area contributed by atoms with E-state index in [2.05, 4.69) is 10.4 Å². The fourth-order valence-electron chi connectivity index (χ4n) is 1.87. The van der Waals surface area contributed by atoms with Crippen LogP contribution in [0.5, 0.6) is 0 Å². The van der Waals surface area contributed by atoms with E-state index in [0.29, 0.717) is 6.42 Å². The van der Waals surface area contributed by atoms with Crippen LogP contribution in [0.15, 0.2) is 6.07 Å². The first-order valence-corrected chi connectivity index (χ1v) is 6.38. The molecule has 0 saturated carbocycles. The van der Waals surface area contributed by atoms with Gasteiger partial charge >= 0.3 is 5.97 Å². The van der Waals surface area contributed by atoms with Gasteiger partial charge in [0.25, 0.3) is 0 Å². The highest BCUT2D eigenvalue weighted by atomic mass is 16.4. The predicted molar refractivity (Wildman–Crippen MR) is 70.7 cm³/mol. The first-order valence-electron chi connectivity index (χ1n) is 6.38. The Balaban J connectivity index is 2.68. The van der Waals surface area contributed by atoms with Crippen molar-refractivity contribution in [3.05, 3.63) is 17.5 Å². The highest BCUT2D eigenvalue weighted by molar-refractivity contribution is 5.83. The van der Waals surface area contributed by atoms with Crippen molar-refractivity contribution in [1.29, 1.82) is 0 Å². The number of nitrogens with zero attached hydrogens (tertiary/aromatic N) is 2. The van der Waals surface area contributed by atoms with Crippen LogP contribution < -0.4 is 5.32 Å². The van der Waals surface area contributed by atoms with E-state index in [0.717, 1.165) is 11.4 Å². The van der Waals surface area contributed by atoms with Crippen molar-refractivity contribution in [1.82, 2.24) is 15.1 Å². The van der Waals surface area contributed by atoms with E-state index in [4.69, 9.17) is 5.11 Å². The Hall–Kier alpha value is -1.85. The van der Waals surface area contributed by atoms with E-state index < -0.39 is 12.0 Å². The van der Waals surface area contributed by atoms with Crippen LogP contribution in [-0.4, -0.2) is 32.8 Å². The molecule has 0 aliphatic heterocycles. The van der Waals surface area contributed by atoms with Crippen molar-refractivity contribution in [3.8, 4) is 0 Å². The van der Waals surface area contributed by atoms with Crippen LogP contribution >= 0.6 is 0 Å². The minimum atomic E-state index is -1.00. The molecule has 19 heavy (non-hydrogen) atoms. The largest absolute Gasteiger partial charge is 0.480 e. The van der Waals surface area contributed by atoms with Crippen molar-refractivity contribution >= 4 is 11.9 Å². The second-order valence-electron chi connectivity index (χ2n) is 4.85. The first-order chi connectivity index (χ1) is 8.85. The summed E-state index contributed by atoms with van der Waals surface area (Å²) in [6, 6.07) is 1.02. The number of carboxylic acids is 1. The SMILES string of the molecule is CCC(C)C(NC(=O)Cn1nc(C)cc1C)C(=O)O. The number of carbonyl (C=O) groups is 2. The summed E-state index contributed by atoms with van der Waals surface area (Å²) in [4.78, 5) is 23.0.